The number of aryl methyl sites for hydroxylation is 2. The summed E-state index contributed by atoms with van der Waals surface area (Å²) in [4.78, 5) is 15.6. The van der Waals surface area contributed by atoms with Crippen LogP contribution in [0.15, 0.2) is 18.2 Å². The number of nitrogens with one attached hydrogen (secondary N) is 2. The molecule has 0 aliphatic carbocycles. The van der Waals surface area contributed by atoms with E-state index in [0.717, 1.165) is 28.6 Å². The third-order valence-electron chi connectivity index (χ3n) is 3.77. The summed E-state index contributed by atoms with van der Waals surface area (Å²) in [5.41, 5.74) is 4.19. The molecule has 0 radical (unpaired) electrons. The summed E-state index contributed by atoms with van der Waals surface area (Å²) in [6.45, 7) is 10.5. The van der Waals surface area contributed by atoms with Crippen molar-refractivity contribution in [1.82, 2.24) is 10.3 Å². The Morgan fingerprint density at radius 1 is 1.25 bits per heavy atom. The molecule has 0 spiro atoms. The molecule has 0 saturated heterocycles. The first-order valence-electron chi connectivity index (χ1n) is 7.28. The van der Waals surface area contributed by atoms with Crippen LogP contribution < -0.4 is 5.32 Å². The molecule has 1 aromatic heterocycles. The molecule has 1 amide bonds. The van der Waals surface area contributed by atoms with Gasteiger partial charge in [0.25, 0.3) is 5.91 Å². The van der Waals surface area contributed by atoms with Crippen LogP contribution in [0.4, 0.5) is 0 Å². The molecular formula is C17H24N2O. The molecule has 1 heterocycles. The van der Waals surface area contributed by atoms with Gasteiger partial charge in [0.2, 0.25) is 0 Å². The van der Waals surface area contributed by atoms with Crippen LogP contribution >= 0.6 is 0 Å². The number of rotatable bonds is 4. The molecule has 1 atom stereocenters. The Morgan fingerprint density at radius 3 is 2.60 bits per heavy atom. The first kappa shape index (κ1) is 14.6. The molecule has 0 fully saturated rings. The zero-order chi connectivity index (χ0) is 14.9. The second-order valence-corrected chi connectivity index (χ2v) is 6.14. The van der Waals surface area contributed by atoms with Crippen molar-refractivity contribution in [2.45, 2.75) is 47.1 Å². The molecular weight excluding hydrogens is 248 g/mol. The zero-order valence-electron chi connectivity index (χ0n) is 13.0. The first-order chi connectivity index (χ1) is 9.38. The highest BCUT2D eigenvalue weighted by Crippen LogP contribution is 2.22. The van der Waals surface area contributed by atoms with E-state index in [-0.39, 0.29) is 11.9 Å². The van der Waals surface area contributed by atoms with Gasteiger partial charge in [0.1, 0.15) is 0 Å². The number of carbonyl (C=O) groups excluding carboxylic acids is 1. The first-order valence-corrected chi connectivity index (χ1v) is 7.28. The average molecular weight is 272 g/mol. The molecule has 0 saturated carbocycles. The lowest BCUT2D eigenvalue weighted by atomic mass is 10.0. The summed E-state index contributed by atoms with van der Waals surface area (Å²) in [7, 11) is 0. The van der Waals surface area contributed by atoms with Gasteiger partial charge in [0.05, 0.1) is 0 Å². The molecule has 2 N–H and O–H groups in total. The molecule has 0 bridgehead atoms. The molecule has 2 rings (SSSR count). The van der Waals surface area contributed by atoms with Crippen LogP contribution in [-0.2, 0) is 0 Å². The van der Waals surface area contributed by atoms with E-state index in [0.29, 0.717) is 5.92 Å². The Balaban J connectivity index is 2.20. The Morgan fingerprint density at radius 2 is 1.95 bits per heavy atom. The Hall–Kier alpha value is -1.77. The summed E-state index contributed by atoms with van der Waals surface area (Å²) in [6.07, 6.45) is 0.996. The number of fused-ring (bicyclic) bond motifs is 1. The van der Waals surface area contributed by atoms with Gasteiger partial charge in [-0.25, -0.2) is 0 Å². The van der Waals surface area contributed by atoms with Crippen LogP contribution in [-0.4, -0.2) is 16.9 Å². The molecule has 3 nitrogen and oxygen atoms in total. The van der Waals surface area contributed by atoms with Crippen molar-refractivity contribution in [3.63, 3.8) is 0 Å². The van der Waals surface area contributed by atoms with E-state index in [9.17, 15) is 4.79 Å². The fourth-order valence-corrected chi connectivity index (χ4v) is 2.68. The molecule has 20 heavy (non-hydrogen) atoms. The summed E-state index contributed by atoms with van der Waals surface area (Å²) in [5.74, 6) is 0.598. The number of carbonyl (C=O) groups is 1. The SMILES string of the molecule is Cc1[nH]c2ccc(C(=O)NC(C)CC(C)C)cc2c1C. The van der Waals surface area contributed by atoms with Crippen LogP contribution in [0.2, 0.25) is 0 Å². The third kappa shape index (κ3) is 3.03. The van der Waals surface area contributed by atoms with Crippen molar-refractivity contribution >= 4 is 16.8 Å². The fourth-order valence-electron chi connectivity index (χ4n) is 2.68. The Labute approximate surface area is 120 Å². The lowest BCUT2D eigenvalue weighted by Gasteiger charge is -2.16. The van der Waals surface area contributed by atoms with Crippen molar-refractivity contribution in [3.8, 4) is 0 Å². The third-order valence-corrected chi connectivity index (χ3v) is 3.77. The number of hydrogen-bond donors (Lipinski definition) is 2. The number of amides is 1. The quantitative estimate of drug-likeness (QED) is 0.869. The fraction of sp³-hybridized carbons (Fsp3) is 0.471. The maximum absolute atomic E-state index is 12.3. The highest BCUT2D eigenvalue weighted by atomic mass is 16.1. The number of hydrogen-bond acceptors (Lipinski definition) is 1. The highest BCUT2D eigenvalue weighted by Gasteiger charge is 2.13. The maximum atomic E-state index is 12.3. The van der Waals surface area contributed by atoms with Crippen molar-refractivity contribution < 1.29 is 4.79 Å². The summed E-state index contributed by atoms with van der Waals surface area (Å²) in [5, 5.41) is 4.20. The highest BCUT2D eigenvalue weighted by molar-refractivity contribution is 5.99. The van der Waals surface area contributed by atoms with Crippen molar-refractivity contribution in [2.24, 2.45) is 5.92 Å². The van der Waals surface area contributed by atoms with E-state index in [1.54, 1.807) is 0 Å². The van der Waals surface area contributed by atoms with Gasteiger partial charge in [-0.1, -0.05) is 13.8 Å². The predicted octanol–water partition coefficient (Wildman–Crippen LogP) is 3.95. The van der Waals surface area contributed by atoms with Gasteiger partial charge in [-0.2, -0.15) is 0 Å². The summed E-state index contributed by atoms with van der Waals surface area (Å²) < 4.78 is 0. The second kappa shape index (κ2) is 5.70. The van der Waals surface area contributed by atoms with Gasteiger partial charge in [-0.15, -0.1) is 0 Å². The zero-order valence-corrected chi connectivity index (χ0v) is 13.0. The molecule has 1 aromatic carbocycles. The normalized spacial score (nSPS) is 12.9. The minimum absolute atomic E-state index is 0.0123. The van der Waals surface area contributed by atoms with Crippen molar-refractivity contribution in [2.75, 3.05) is 0 Å². The number of benzene rings is 1. The lowest BCUT2D eigenvalue weighted by molar-refractivity contribution is 0.0936. The van der Waals surface area contributed by atoms with E-state index in [2.05, 4.69) is 44.9 Å². The Bertz CT molecular complexity index is 625. The molecule has 0 aliphatic heterocycles. The van der Waals surface area contributed by atoms with Crippen molar-refractivity contribution in [3.05, 3.63) is 35.0 Å². The van der Waals surface area contributed by atoms with Gasteiger partial charge in [-0.05, 0) is 56.9 Å². The minimum Gasteiger partial charge on any atom is -0.358 e. The lowest BCUT2D eigenvalue weighted by Crippen LogP contribution is -2.33. The number of H-pyrrole nitrogens is 1. The topological polar surface area (TPSA) is 44.9 Å². The summed E-state index contributed by atoms with van der Waals surface area (Å²) >= 11 is 0. The van der Waals surface area contributed by atoms with E-state index >= 15 is 0 Å². The standard InChI is InChI=1S/C17H24N2O/c1-10(2)8-11(3)18-17(20)14-6-7-16-15(9-14)12(4)13(5)19-16/h6-7,9-11,19H,8H2,1-5H3,(H,18,20). The monoisotopic (exact) mass is 272 g/mol. The van der Waals surface area contributed by atoms with E-state index in [1.807, 2.05) is 18.2 Å². The van der Waals surface area contributed by atoms with Crippen LogP contribution in [0.1, 0.15) is 48.8 Å². The average Bonchev–Trinajstić information content (AvgIpc) is 2.63. The second-order valence-electron chi connectivity index (χ2n) is 6.14. The van der Waals surface area contributed by atoms with Gasteiger partial charge in [0, 0.05) is 28.2 Å². The molecule has 2 aromatic rings. The van der Waals surface area contributed by atoms with E-state index in [4.69, 9.17) is 0 Å². The molecule has 108 valence electrons. The van der Waals surface area contributed by atoms with E-state index in [1.165, 1.54) is 5.56 Å². The maximum Gasteiger partial charge on any atom is 0.251 e. The largest absolute Gasteiger partial charge is 0.358 e. The predicted molar refractivity (Wildman–Crippen MR) is 84.2 cm³/mol. The molecule has 3 heteroatoms. The summed E-state index contributed by atoms with van der Waals surface area (Å²) in [6, 6.07) is 6.05. The van der Waals surface area contributed by atoms with Crippen LogP contribution in [0.25, 0.3) is 10.9 Å². The van der Waals surface area contributed by atoms with E-state index < -0.39 is 0 Å². The van der Waals surface area contributed by atoms with Crippen LogP contribution in [0.5, 0.6) is 0 Å². The van der Waals surface area contributed by atoms with Crippen molar-refractivity contribution in [1.29, 1.82) is 0 Å². The van der Waals surface area contributed by atoms with Gasteiger partial charge >= 0.3 is 0 Å². The number of aromatic amines is 1. The van der Waals surface area contributed by atoms with Gasteiger partial charge in [0.15, 0.2) is 0 Å². The van der Waals surface area contributed by atoms with Gasteiger partial charge in [-0.3, -0.25) is 4.79 Å². The van der Waals surface area contributed by atoms with Crippen LogP contribution in [0.3, 0.4) is 0 Å². The van der Waals surface area contributed by atoms with Crippen LogP contribution in [0, 0.1) is 19.8 Å². The minimum atomic E-state index is 0.0123. The smallest absolute Gasteiger partial charge is 0.251 e. The Kier molecular flexibility index (Phi) is 4.17. The number of aromatic nitrogens is 1. The molecule has 0 aliphatic rings. The molecule has 1 unspecified atom stereocenters. The van der Waals surface area contributed by atoms with Gasteiger partial charge < -0.3 is 10.3 Å².